The fourth-order valence-corrected chi connectivity index (χ4v) is 1.74. The van der Waals surface area contributed by atoms with Crippen molar-refractivity contribution in [1.82, 2.24) is 5.16 Å². The lowest BCUT2D eigenvalue weighted by Gasteiger charge is -2.07. The number of hydrogen-bond acceptors (Lipinski definition) is 3. The summed E-state index contributed by atoms with van der Waals surface area (Å²) in [6.07, 6.45) is 0. The van der Waals surface area contributed by atoms with E-state index in [9.17, 15) is 0 Å². The molecule has 1 heterocycles. The molecule has 16 heavy (non-hydrogen) atoms. The van der Waals surface area contributed by atoms with Crippen LogP contribution in [0.1, 0.15) is 17.0 Å². The highest BCUT2D eigenvalue weighted by Crippen LogP contribution is 2.20. The third kappa shape index (κ3) is 2.55. The van der Waals surface area contributed by atoms with E-state index in [1.807, 2.05) is 38.1 Å². The van der Waals surface area contributed by atoms with Crippen LogP contribution in [0.2, 0.25) is 5.02 Å². The Hall–Kier alpha value is -1.48. The Bertz CT molecular complexity index is 494. The van der Waals surface area contributed by atoms with Gasteiger partial charge in [-0.2, -0.15) is 0 Å². The number of anilines is 1. The summed E-state index contributed by atoms with van der Waals surface area (Å²) < 4.78 is 4.99. The van der Waals surface area contributed by atoms with Gasteiger partial charge in [0.25, 0.3) is 0 Å². The van der Waals surface area contributed by atoms with Crippen molar-refractivity contribution in [3.8, 4) is 0 Å². The van der Waals surface area contributed by atoms with Gasteiger partial charge in [0.1, 0.15) is 11.5 Å². The number of halogens is 1. The van der Waals surface area contributed by atoms with Gasteiger partial charge in [-0.1, -0.05) is 16.8 Å². The molecule has 0 aliphatic rings. The lowest BCUT2D eigenvalue weighted by molar-refractivity contribution is 0.391. The van der Waals surface area contributed by atoms with Gasteiger partial charge in [-0.15, -0.1) is 0 Å². The maximum atomic E-state index is 5.88. The van der Waals surface area contributed by atoms with E-state index in [1.165, 1.54) is 0 Å². The third-order valence-corrected chi connectivity index (χ3v) is 2.56. The Labute approximate surface area is 99.4 Å². The van der Waals surface area contributed by atoms with Gasteiger partial charge in [-0.3, -0.25) is 0 Å². The van der Waals surface area contributed by atoms with Gasteiger partial charge in [0.2, 0.25) is 0 Å². The zero-order valence-electron chi connectivity index (χ0n) is 9.25. The number of benzene rings is 1. The van der Waals surface area contributed by atoms with Crippen LogP contribution in [0.3, 0.4) is 0 Å². The zero-order chi connectivity index (χ0) is 11.5. The smallest absolute Gasteiger partial charge is 0.133 e. The van der Waals surface area contributed by atoms with E-state index in [0.29, 0.717) is 6.54 Å². The Kier molecular flexibility index (Phi) is 3.15. The molecule has 0 spiro atoms. The first-order valence-electron chi connectivity index (χ1n) is 5.07. The van der Waals surface area contributed by atoms with E-state index in [0.717, 1.165) is 27.7 Å². The first-order chi connectivity index (χ1) is 7.65. The lowest BCUT2D eigenvalue weighted by atomic mass is 10.2. The number of aromatic nitrogens is 1. The summed E-state index contributed by atoms with van der Waals surface area (Å²) in [4.78, 5) is 0. The molecule has 0 atom stereocenters. The second kappa shape index (κ2) is 4.58. The maximum Gasteiger partial charge on any atom is 0.133 e. The third-order valence-electron chi connectivity index (χ3n) is 2.33. The van der Waals surface area contributed by atoms with Gasteiger partial charge < -0.3 is 9.84 Å². The Balaban J connectivity index is 2.04. The average molecular weight is 237 g/mol. The van der Waals surface area contributed by atoms with E-state index >= 15 is 0 Å². The first kappa shape index (κ1) is 11.0. The Morgan fingerprint density at radius 2 is 2.12 bits per heavy atom. The van der Waals surface area contributed by atoms with Crippen molar-refractivity contribution in [2.24, 2.45) is 0 Å². The van der Waals surface area contributed by atoms with Gasteiger partial charge in [-0.05, 0) is 37.6 Å². The maximum absolute atomic E-state index is 5.88. The SMILES string of the molecule is Cc1cc(CNc2ccc(Cl)cc2C)no1. The molecule has 0 bridgehead atoms. The Morgan fingerprint density at radius 1 is 1.31 bits per heavy atom. The molecule has 4 heteroatoms. The molecule has 0 aliphatic heterocycles. The summed E-state index contributed by atoms with van der Waals surface area (Å²) in [5.41, 5.74) is 3.07. The van der Waals surface area contributed by atoms with E-state index in [4.69, 9.17) is 16.1 Å². The second-order valence-electron chi connectivity index (χ2n) is 3.74. The molecule has 0 saturated heterocycles. The van der Waals surface area contributed by atoms with Gasteiger partial charge in [0, 0.05) is 16.8 Å². The number of hydrogen-bond donors (Lipinski definition) is 1. The number of nitrogens with zero attached hydrogens (tertiary/aromatic N) is 1. The van der Waals surface area contributed by atoms with Gasteiger partial charge in [-0.25, -0.2) is 0 Å². The van der Waals surface area contributed by atoms with Crippen LogP contribution in [0.4, 0.5) is 5.69 Å². The van der Waals surface area contributed by atoms with Crippen molar-refractivity contribution in [3.63, 3.8) is 0 Å². The van der Waals surface area contributed by atoms with Crippen LogP contribution in [-0.4, -0.2) is 5.16 Å². The molecule has 2 aromatic rings. The first-order valence-corrected chi connectivity index (χ1v) is 5.45. The van der Waals surface area contributed by atoms with Crippen LogP contribution >= 0.6 is 11.6 Å². The van der Waals surface area contributed by atoms with Crippen molar-refractivity contribution in [2.45, 2.75) is 20.4 Å². The minimum atomic E-state index is 0.653. The number of aryl methyl sites for hydroxylation is 2. The predicted octanol–water partition coefficient (Wildman–Crippen LogP) is 3.56. The largest absolute Gasteiger partial charge is 0.379 e. The molecule has 0 radical (unpaired) electrons. The highest BCUT2D eigenvalue weighted by Gasteiger charge is 2.02. The fourth-order valence-electron chi connectivity index (χ4n) is 1.51. The predicted molar refractivity (Wildman–Crippen MR) is 64.8 cm³/mol. The number of rotatable bonds is 3. The van der Waals surface area contributed by atoms with Crippen molar-refractivity contribution in [2.75, 3.05) is 5.32 Å². The monoisotopic (exact) mass is 236 g/mol. The molecule has 1 N–H and O–H groups in total. The Morgan fingerprint density at radius 3 is 2.75 bits per heavy atom. The fraction of sp³-hybridized carbons (Fsp3) is 0.250. The average Bonchev–Trinajstić information content (AvgIpc) is 2.63. The molecule has 84 valence electrons. The molecule has 1 aromatic carbocycles. The minimum absolute atomic E-state index is 0.653. The standard InChI is InChI=1S/C12H13ClN2O/c1-8-5-10(13)3-4-12(8)14-7-11-6-9(2)16-15-11/h3-6,14H,7H2,1-2H3. The molecule has 3 nitrogen and oxygen atoms in total. The van der Waals surface area contributed by atoms with E-state index < -0.39 is 0 Å². The van der Waals surface area contributed by atoms with Gasteiger partial charge >= 0.3 is 0 Å². The van der Waals surface area contributed by atoms with Crippen molar-refractivity contribution in [1.29, 1.82) is 0 Å². The molecule has 0 fully saturated rings. The highest BCUT2D eigenvalue weighted by molar-refractivity contribution is 6.30. The van der Waals surface area contributed by atoms with Crippen LogP contribution in [0.15, 0.2) is 28.8 Å². The van der Waals surface area contributed by atoms with E-state index in [2.05, 4.69) is 10.5 Å². The quantitative estimate of drug-likeness (QED) is 0.886. The summed E-state index contributed by atoms with van der Waals surface area (Å²) in [5.74, 6) is 0.824. The summed E-state index contributed by atoms with van der Waals surface area (Å²) >= 11 is 5.88. The van der Waals surface area contributed by atoms with Crippen LogP contribution in [0, 0.1) is 13.8 Å². The molecule has 0 amide bonds. The summed E-state index contributed by atoms with van der Waals surface area (Å²) in [6.45, 7) is 4.55. The summed E-state index contributed by atoms with van der Waals surface area (Å²) in [6, 6.07) is 7.67. The van der Waals surface area contributed by atoms with E-state index in [1.54, 1.807) is 0 Å². The van der Waals surface area contributed by atoms with Crippen molar-refractivity contribution >= 4 is 17.3 Å². The normalized spacial score (nSPS) is 10.4. The molecule has 0 saturated carbocycles. The van der Waals surface area contributed by atoms with Crippen LogP contribution in [0.5, 0.6) is 0 Å². The molecule has 0 unspecified atom stereocenters. The molecular formula is C12H13ClN2O. The summed E-state index contributed by atoms with van der Waals surface area (Å²) in [7, 11) is 0. The topological polar surface area (TPSA) is 38.1 Å². The van der Waals surface area contributed by atoms with Gasteiger partial charge in [0.05, 0.1) is 6.54 Å². The van der Waals surface area contributed by atoms with E-state index in [-0.39, 0.29) is 0 Å². The van der Waals surface area contributed by atoms with Gasteiger partial charge in [0.15, 0.2) is 0 Å². The molecule has 0 aliphatic carbocycles. The lowest BCUT2D eigenvalue weighted by Crippen LogP contribution is -2.00. The van der Waals surface area contributed by atoms with Crippen molar-refractivity contribution < 1.29 is 4.52 Å². The van der Waals surface area contributed by atoms with Crippen LogP contribution < -0.4 is 5.32 Å². The minimum Gasteiger partial charge on any atom is -0.379 e. The molecule has 2 rings (SSSR count). The zero-order valence-corrected chi connectivity index (χ0v) is 10.0. The number of nitrogens with one attached hydrogen (secondary N) is 1. The highest BCUT2D eigenvalue weighted by atomic mass is 35.5. The second-order valence-corrected chi connectivity index (χ2v) is 4.18. The van der Waals surface area contributed by atoms with Crippen LogP contribution in [0.25, 0.3) is 0 Å². The molecule has 1 aromatic heterocycles. The molecular weight excluding hydrogens is 224 g/mol. The summed E-state index contributed by atoms with van der Waals surface area (Å²) in [5, 5.41) is 7.95. The van der Waals surface area contributed by atoms with Crippen molar-refractivity contribution in [3.05, 3.63) is 46.3 Å². The van der Waals surface area contributed by atoms with Crippen LogP contribution in [-0.2, 0) is 6.54 Å².